The molecule has 0 N–H and O–H groups in total. The highest BCUT2D eigenvalue weighted by Crippen LogP contribution is 1.95. The largest absolute Gasteiger partial charge is 0.377 e. The van der Waals surface area contributed by atoms with Crippen LogP contribution in [0.5, 0.6) is 0 Å². The molecule has 0 aromatic heterocycles. The van der Waals surface area contributed by atoms with E-state index in [0.29, 0.717) is 0 Å². The molecule has 0 aromatic rings. The van der Waals surface area contributed by atoms with Gasteiger partial charge in [0.25, 0.3) is 0 Å². The van der Waals surface area contributed by atoms with Gasteiger partial charge in [-0.05, 0) is 27.2 Å². The van der Waals surface area contributed by atoms with E-state index in [4.69, 9.17) is 4.74 Å². The number of rotatable bonds is 5. The fourth-order valence-electron chi connectivity index (χ4n) is 0.555. The summed E-state index contributed by atoms with van der Waals surface area (Å²) in [6.07, 6.45) is 3.05. The lowest BCUT2D eigenvalue weighted by molar-refractivity contribution is 0.165. The Morgan fingerprint density at radius 1 is 1.36 bits per heavy atom. The Hall–Kier alpha value is -0.560. The molecular formula is C10H18O. The topological polar surface area (TPSA) is 9.23 Å². The molecule has 0 unspecified atom stereocenters. The summed E-state index contributed by atoms with van der Waals surface area (Å²) in [7, 11) is 0. The maximum atomic E-state index is 5.32. The molecule has 0 saturated heterocycles. The minimum atomic E-state index is 0.732. The Kier molecular flexibility index (Phi) is 5.86. The van der Waals surface area contributed by atoms with Gasteiger partial charge < -0.3 is 4.74 Å². The summed E-state index contributed by atoms with van der Waals surface area (Å²) in [5.41, 5.74) is 2.49. The zero-order valence-corrected chi connectivity index (χ0v) is 7.81. The number of allylic oxidation sites excluding steroid dienone is 1. The maximum absolute atomic E-state index is 5.32. The molecule has 0 heterocycles. The van der Waals surface area contributed by atoms with Gasteiger partial charge in [-0.3, -0.25) is 0 Å². The fourth-order valence-corrected chi connectivity index (χ4v) is 0.555. The fraction of sp³-hybridized carbons (Fsp3) is 0.600. The zero-order valence-electron chi connectivity index (χ0n) is 7.81. The maximum Gasteiger partial charge on any atom is 0.0650 e. The van der Waals surface area contributed by atoms with Crippen LogP contribution in [0.25, 0.3) is 0 Å². The number of ether oxygens (including phenoxy) is 1. The summed E-state index contributed by atoms with van der Waals surface area (Å²) in [5, 5.41) is 0. The molecule has 0 aromatic carbocycles. The van der Waals surface area contributed by atoms with Crippen LogP contribution in [-0.2, 0) is 4.74 Å². The smallest absolute Gasteiger partial charge is 0.0650 e. The third-order valence-corrected chi connectivity index (χ3v) is 1.28. The molecular weight excluding hydrogens is 136 g/mol. The Morgan fingerprint density at radius 3 is 2.45 bits per heavy atom. The normalized spacial score (nSPS) is 9.36. The Bertz CT molecular complexity index is 141. The van der Waals surface area contributed by atoms with E-state index in [0.717, 1.165) is 19.6 Å². The van der Waals surface area contributed by atoms with E-state index in [-0.39, 0.29) is 0 Å². The Balaban J connectivity index is 3.15. The predicted octanol–water partition coefficient (Wildman–Crippen LogP) is 2.94. The molecule has 0 radical (unpaired) electrons. The first kappa shape index (κ1) is 10.4. The quantitative estimate of drug-likeness (QED) is 0.437. The van der Waals surface area contributed by atoms with Crippen LogP contribution in [0.4, 0.5) is 0 Å². The van der Waals surface area contributed by atoms with Crippen molar-refractivity contribution in [3.8, 4) is 0 Å². The minimum absolute atomic E-state index is 0.732. The standard InChI is InChI=1S/C10H18O/c1-9(2)5-7-11-8-6-10(3)4/h6H,1,5,7-8H2,2-4H3. The molecule has 11 heavy (non-hydrogen) atoms. The lowest BCUT2D eigenvalue weighted by Crippen LogP contribution is -1.94. The summed E-state index contributed by atoms with van der Waals surface area (Å²) < 4.78 is 5.32. The van der Waals surface area contributed by atoms with Gasteiger partial charge in [-0.25, -0.2) is 0 Å². The highest BCUT2D eigenvalue weighted by atomic mass is 16.5. The van der Waals surface area contributed by atoms with Crippen molar-refractivity contribution in [1.82, 2.24) is 0 Å². The van der Waals surface area contributed by atoms with Crippen molar-refractivity contribution in [1.29, 1.82) is 0 Å². The Labute approximate surface area is 69.8 Å². The third-order valence-electron chi connectivity index (χ3n) is 1.28. The summed E-state index contributed by atoms with van der Waals surface area (Å²) in [6.45, 7) is 11.5. The van der Waals surface area contributed by atoms with Gasteiger partial charge in [-0.2, -0.15) is 0 Å². The van der Waals surface area contributed by atoms with Crippen molar-refractivity contribution in [2.75, 3.05) is 13.2 Å². The van der Waals surface area contributed by atoms with Crippen molar-refractivity contribution in [2.45, 2.75) is 27.2 Å². The van der Waals surface area contributed by atoms with Crippen LogP contribution in [0, 0.1) is 0 Å². The van der Waals surface area contributed by atoms with E-state index >= 15 is 0 Å². The molecule has 0 fully saturated rings. The van der Waals surface area contributed by atoms with Crippen LogP contribution in [0.3, 0.4) is 0 Å². The molecule has 0 aliphatic carbocycles. The molecule has 0 atom stereocenters. The van der Waals surface area contributed by atoms with Crippen LogP contribution in [0.15, 0.2) is 23.8 Å². The van der Waals surface area contributed by atoms with Crippen molar-refractivity contribution in [2.24, 2.45) is 0 Å². The lowest BCUT2D eigenvalue weighted by atomic mass is 10.3. The van der Waals surface area contributed by atoms with E-state index in [1.54, 1.807) is 0 Å². The average Bonchev–Trinajstić information content (AvgIpc) is 1.85. The first-order chi connectivity index (χ1) is 5.13. The number of hydrogen-bond donors (Lipinski definition) is 0. The lowest BCUT2D eigenvalue weighted by Gasteiger charge is -2.00. The summed E-state index contributed by atoms with van der Waals surface area (Å²) in [4.78, 5) is 0. The van der Waals surface area contributed by atoms with E-state index in [9.17, 15) is 0 Å². The van der Waals surface area contributed by atoms with Crippen LogP contribution < -0.4 is 0 Å². The van der Waals surface area contributed by atoms with Crippen molar-refractivity contribution in [3.63, 3.8) is 0 Å². The van der Waals surface area contributed by atoms with E-state index in [1.165, 1.54) is 11.1 Å². The molecule has 1 heteroatoms. The monoisotopic (exact) mass is 154 g/mol. The minimum Gasteiger partial charge on any atom is -0.377 e. The second-order valence-electron chi connectivity index (χ2n) is 3.06. The summed E-state index contributed by atoms with van der Waals surface area (Å²) in [6, 6.07) is 0. The Morgan fingerprint density at radius 2 is 2.00 bits per heavy atom. The highest BCUT2D eigenvalue weighted by Gasteiger charge is 1.86. The summed E-state index contributed by atoms with van der Waals surface area (Å²) >= 11 is 0. The van der Waals surface area contributed by atoms with Crippen LogP contribution >= 0.6 is 0 Å². The van der Waals surface area contributed by atoms with Gasteiger partial charge in [-0.15, -0.1) is 6.58 Å². The van der Waals surface area contributed by atoms with Crippen molar-refractivity contribution < 1.29 is 4.74 Å². The average molecular weight is 154 g/mol. The molecule has 0 amide bonds. The SMILES string of the molecule is C=C(C)CCOCC=C(C)C. The van der Waals surface area contributed by atoms with E-state index in [1.807, 2.05) is 6.92 Å². The van der Waals surface area contributed by atoms with Crippen LogP contribution in [-0.4, -0.2) is 13.2 Å². The van der Waals surface area contributed by atoms with Gasteiger partial charge >= 0.3 is 0 Å². The van der Waals surface area contributed by atoms with Gasteiger partial charge in [0.2, 0.25) is 0 Å². The molecule has 0 spiro atoms. The van der Waals surface area contributed by atoms with Gasteiger partial charge in [0, 0.05) is 0 Å². The van der Waals surface area contributed by atoms with Crippen LogP contribution in [0.2, 0.25) is 0 Å². The van der Waals surface area contributed by atoms with E-state index in [2.05, 4.69) is 26.5 Å². The second-order valence-corrected chi connectivity index (χ2v) is 3.06. The molecule has 0 bridgehead atoms. The van der Waals surface area contributed by atoms with Gasteiger partial charge in [0.15, 0.2) is 0 Å². The van der Waals surface area contributed by atoms with Crippen LogP contribution in [0.1, 0.15) is 27.2 Å². The van der Waals surface area contributed by atoms with Gasteiger partial charge in [0.1, 0.15) is 0 Å². The number of hydrogen-bond acceptors (Lipinski definition) is 1. The first-order valence-electron chi connectivity index (χ1n) is 3.98. The van der Waals surface area contributed by atoms with Gasteiger partial charge in [-0.1, -0.05) is 17.2 Å². The molecule has 0 aliphatic heterocycles. The predicted molar refractivity (Wildman–Crippen MR) is 49.7 cm³/mol. The third kappa shape index (κ3) is 9.44. The molecule has 0 saturated carbocycles. The zero-order chi connectivity index (χ0) is 8.69. The molecule has 0 aliphatic rings. The summed E-state index contributed by atoms with van der Waals surface area (Å²) in [5.74, 6) is 0. The molecule has 1 nitrogen and oxygen atoms in total. The second kappa shape index (κ2) is 6.17. The highest BCUT2D eigenvalue weighted by molar-refractivity contribution is 4.93. The molecule has 0 rings (SSSR count). The first-order valence-corrected chi connectivity index (χ1v) is 3.98. The van der Waals surface area contributed by atoms with E-state index < -0.39 is 0 Å². The van der Waals surface area contributed by atoms with Crippen molar-refractivity contribution in [3.05, 3.63) is 23.8 Å². The van der Waals surface area contributed by atoms with Gasteiger partial charge in [0.05, 0.1) is 13.2 Å². The molecule has 64 valence electrons. The van der Waals surface area contributed by atoms with Crippen molar-refractivity contribution >= 4 is 0 Å².